The highest BCUT2D eigenvalue weighted by Gasteiger charge is 2.48. The van der Waals surface area contributed by atoms with Gasteiger partial charge in [-0.3, -0.25) is 4.98 Å². The number of hydrogen-bond donors (Lipinski definition) is 1. The van der Waals surface area contributed by atoms with Crippen LogP contribution in [0.5, 0.6) is 5.75 Å². The van der Waals surface area contributed by atoms with E-state index in [-0.39, 0.29) is 5.54 Å². The minimum Gasteiger partial charge on any atom is -0.492 e. The van der Waals surface area contributed by atoms with Gasteiger partial charge < -0.3 is 10.1 Å². The molecule has 3 rings (SSSR count). The van der Waals surface area contributed by atoms with Crippen molar-refractivity contribution in [3.63, 3.8) is 0 Å². The Bertz CT molecular complexity index is 409. The molecule has 1 saturated heterocycles. The maximum absolute atomic E-state index is 5.71. The van der Waals surface area contributed by atoms with E-state index in [0.717, 1.165) is 31.2 Å². The molecule has 2 fully saturated rings. The molecule has 1 atom stereocenters. The van der Waals surface area contributed by atoms with Crippen molar-refractivity contribution in [1.82, 2.24) is 10.3 Å². The lowest BCUT2D eigenvalue weighted by molar-refractivity contribution is 0.307. The highest BCUT2D eigenvalue weighted by molar-refractivity contribution is 5.32. The molecule has 18 heavy (non-hydrogen) atoms. The number of rotatable bonds is 5. The summed E-state index contributed by atoms with van der Waals surface area (Å²) >= 11 is 0. The maximum Gasteiger partial charge on any atom is 0.137 e. The topological polar surface area (TPSA) is 34.1 Å². The van der Waals surface area contributed by atoms with Crippen LogP contribution >= 0.6 is 0 Å². The molecule has 1 aromatic heterocycles. The maximum atomic E-state index is 5.71. The molecule has 1 aliphatic heterocycles. The summed E-state index contributed by atoms with van der Waals surface area (Å²) in [6.45, 7) is 4.03. The Morgan fingerprint density at radius 2 is 2.33 bits per heavy atom. The van der Waals surface area contributed by atoms with Gasteiger partial charge in [-0.05, 0) is 56.2 Å². The second-order valence-electron chi connectivity index (χ2n) is 5.53. The molecule has 0 amide bonds. The molecule has 1 N–H and O–H groups in total. The van der Waals surface area contributed by atoms with Gasteiger partial charge in [0.1, 0.15) is 5.75 Å². The van der Waals surface area contributed by atoms with E-state index in [0.29, 0.717) is 0 Å². The Labute approximate surface area is 109 Å². The zero-order chi connectivity index (χ0) is 12.4. The van der Waals surface area contributed by atoms with Gasteiger partial charge in [0, 0.05) is 11.7 Å². The lowest BCUT2D eigenvalue weighted by Crippen LogP contribution is -2.39. The fourth-order valence-electron chi connectivity index (χ4n) is 3.14. The summed E-state index contributed by atoms with van der Waals surface area (Å²) in [5.41, 5.74) is 1.52. The summed E-state index contributed by atoms with van der Waals surface area (Å²) in [7, 11) is 0. The minimum atomic E-state index is 0.193. The molecular formula is C15H22N2O. The third-order valence-corrected chi connectivity index (χ3v) is 4.16. The average molecular weight is 246 g/mol. The summed E-state index contributed by atoms with van der Waals surface area (Å²) in [4.78, 5) is 4.37. The van der Waals surface area contributed by atoms with E-state index in [1.54, 1.807) is 0 Å². The van der Waals surface area contributed by atoms with Gasteiger partial charge in [-0.15, -0.1) is 0 Å². The summed E-state index contributed by atoms with van der Waals surface area (Å²) in [5, 5.41) is 3.74. The SMILES string of the molecule is CCCOc1cncc(C2(C3CC3)CCCN2)c1. The van der Waals surface area contributed by atoms with Gasteiger partial charge in [0.15, 0.2) is 0 Å². The molecule has 1 saturated carbocycles. The van der Waals surface area contributed by atoms with E-state index < -0.39 is 0 Å². The standard InChI is InChI=1S/C15H22N2O/c1-2-8-18-14-9-13(10-16-11-14)15(12-4-5-12)6-3-7-17-15/h9-12,17H,2-8H2,1H3. The van der Waals surface area contributed by atoms with E-state index in [2.05, 4.69) is 23.3 Å². The first-order chi connectivity index (χ1) is 8.85. The number of nitrogens with zero attached hydrogens (tertiary/aromatic N) is 1. The van der Waals surface area contributed by atoms with E-state index in [1.165, 1.54) is 31.2 Å². The van der Waals surface area contributed by atoms with Crippen LogP contribution in [0.3, 0.4) is 0 Å². The molecule has 3 nitrogen and oxygen atoms in total. The van der Waals surface area contributed by atoms with Gasteiger partial charge in [0.25, 0.3) is 0 Å². The molecule has 3 heteroatoms. The van der Waals surface area contributed by atoms with Crippen molar-refractivity contribution in [2.75, 3.05) is 13.2 Å². The summed E-state index contributed by atoms with van der Waals surface area (Å²) in [6.07, 6.45) is 10.1. The quantitative estimate of drug-likeness (QED) is 0.867. The van der Waals surface area contributed by atoms with Crippen molar-refractivity contribution in [1.29, 1.82) is 0 Å². The first-order valence-electron chi connectivity index (χ1n) is 7.18. The molecule has 2 heterocycles. The first kappa shape index (κ1) is 12.0. The lowest BCUT2D eigenvalue weighted by atomic mass is 9.84. The molecule has 98 valence electrons. The smallest absolute Gasteiger partial charge is 0.137 e. The molecule has 0 spiro atoms. The number of nitrogens with one attached hydrogen (secondary N) is 1. The fourth-order valence-corrected chi connectivity index (χ4v) is 3.14. The molecule has 0 radical (unpaired) electrons. The average Bonchev–Trinajstić information content (AvgIpc) is 3.15. The molecule has 0 aromatic carbocycles. The zero-order valence-electron chi connectivity index (χ0n) is 11.1. The number of hydrogen-bond acceptors (Lipinski definition) is 3. The van der Waals surface area contributed by atoms with Crippen LogP contribution in [-0.2, 0) is 5.54 Å². The Kier molecular flexibility index (Phi) is 3.25. The number of aromatic nitrogens is 1. The van der Waals surface area contributed by atoms with E-state index in [9.17, 15) is 0 Å². The van der Waals surface area contributed by atoms with Crippen LogP contribution in [0.2, 0.25) is 0 Å². The Hall–Kier alpha value is -1.09. The first-order valence-corrected chi connectivity index (χ1v) is 7.18. The predicted molar refractivity (Wildman–Crippen MR) is 71.7 cm³/mol. The van der Waals surface area contributed by atoms with Gasteiger partial charge in [-0.1, -0.05) is 6.92 Å². The Morgan fingerprint density at radius 3 is 3.00 bits per heavy atom. The highest BCUT2D eigenvalue weighted by Crippen LogP contribution is 2.50. The largest absolute Gasteiger partial charge is 0.492 e. The monoisotopic (exact) mass is 246 g/mol. The molecule has 2 aliphatic rings. The van der Waals surface area contributed by atoms with Crippen molar-refractivity contribution in [2.45, 2.75) is 44.6 Å². The van der Waals surface area contributed by atoms with E-state index in [1.807, 2.05) is 12.4 Å². The van der Waals surface area contributed by atoms with Crippen LogP contribution in [0.4, 0.5) is 0 Å². The van der Waals surface area contributed by atoms with Crippen LogP contribution in [0.15, 0.2) is 18.5 Å². The Morgan fingerprint density at radius 1 is 1.44 bits per heavy atom. The van der Waals surface area contributed by atoms with Gasteiger partial charge in [-0.25, -0.2) is 0 Å². The fraction of sp³-hybridized carbons (Fsp3) is 0.667. The van der Waals surface area contributed by atoms with Gasteiger partial charge in [-0.2, -0.15) is 0 Å². The molecular weight excluding hydrogens is 224 g/mol. The van der Waals surface area contributed by atoms with Crippen LogP contribution < -0.4 is 10.1 Å². The lowest BCUT2D eigenvalue weighted by Gasteiger charge is -2.30. The van der Waals surface area contributed by atoms with Crippen molar-refractivity contribution >= 4 is 0 Å². The van der Waals surface area contributed by atoms with Crippen LogP contribution in [-0.4, -0.2) is 18.1 Å². The zero-order valence-corrected chi connectivity index (χ0v) is 11.1. The van der Waals surface area contributed by atoms with Crippen molar-refractivity contribution in [3.8, 4) is 5.75 Å². The van der Waals surface area contributed by atoms with Gasteiger partial charge in [0.05, 0.1) is 12.8 Å². The van der Waals surface area contributed by atoms with Crippen LogP contribution in [0.25, 0.3) is 0 Å². The molecule has 1 aromatic rings. The van der Waals surface area contributed by atoms with Crippen molar-refractivity contribution in [2.24, 2.45) is 5.92 Å². The number of ether oxygens (including phenoxy) is 1. The molecule has 0 bridgehead atoms. The molecule has 1 unspecified atom stereocenters. The van der Waals surface area contributed by atoms with Crippen molar-refractivity contribution in [3.05, 3.63) is 24.0 Å². The normalized spacial score (nSPS) is 27.4. The molecule has 1 aliphatic carbocycles. The second kappa shape index (κ2) is 4.88. The van der Waals surface area contributed by atoms with Crippen LogP contribution in [0, 0.1) is 5.92 Å². The minimum absolute atomic E-state index is 0.193. The van der Waals surface area contributed by atoms with Crippen LogP contribution in [0.1, 0.15) is 44.6 Å². The predicted octanol–water partition coefficient (Wildman–Crippen LogP) is 2.86. The summed E-state index contributed by atoms with van der Waals surface area (Å²) in [6, 6.07) is 2.19. The highest BCUT2D eigenvalue weighted by atomic mass is 16.5. The Balaban J connectivity index is 1.85. The second-order valence-corrected chi connectivity index (χ2v) is 5.53. The van der Waals surface area contributed by atoms with E-state index >= 15 is 0 Å². The third-order valence-electron chi connectivity index (χ3n) is 4.16. The number of pyridine rings is 1. The third kappa shape index (κ3) is 2.12. The van der Waals surface area contributed by atoms with Crippen molar-refractivity contribution < 1.29 is 4.74 Å². The summed E-state index contributed by atoms with van der Waals surface area (Å²) in [5.74, 6) is 1.73. The summed E-state index contributed by atoms with van der Waals surface area (Å²) < 4.78 is 5.71. The van der Waals surface area contributed by atoms with Gasteiger partial charge >= 0.3 is 0 Å². The van der Waals surface area contributed by atoms with E-state index in [4.69, 9.17) is 4.74 Å². The van der Waals surface area contributed by atoms with Gasteiger partial charge in [0.2, 0.25) is 0 Å².